The Morgan fingerprint density at radius 2 is 2.16 bits per heavy atom. The van der Waals surface area contributed by atoms with Gasteiger partial charge < -0.3 is 16.8 Å². The Labute approximate surface area is 113 Å². The molecule has 0 bridgehead atoms. The van der Waals surface area contributed by atoms with Crippen molar-refractivity contribution in [3.05, 3.63) is 35.4 Å². The van der Waals surface area contributed by atoms with Crippen LogP contribution in [0.25, 0.3) is 0 Å². The second-order valence-electron chi connectivity index (χ2n) is 4.95. The molecule has 0 saturated heterocycles. The molecule has 1 amide bonds. The summed E-state index contributed by atoms with van der Waals surface area (Å²) in [5, 5.41) is 3.27. The van der Waals surface area contributed by atoms with Crippen molar-refractivity contribution >= 4 is 17.3 Å². The van der Waals surface area contributed by atoms with Gasteiger partial charge in [-0.1, -0.05) is 11.6 Å². The summed E-state index contributed by atoms with van der Waals surface area (Å²) in [6.07, 6.45) is 8.35. The van der Waals surface area contributed by atoms with E-state index in [1.165, 1.54) is 31.3 Å². The van der Waals surface area contributed by atoms with Crippen LogP contribution in [-0.2, 0) is 0 Å². The van der Waals surface area contributed by atoms with Crippen molar-refractivity contribution in [2.24, 2.45) is 5.73 Å². The number of anilines is 2. The van der Waals surface area contributed by atoms with Crippen molar-refractivity contribution < 1.29 is 4.79 Å². The molecular formula is C15H21N3O. The number of nitrogens with two attached hydrogens (primary N) is 2. The number of rotatable bonds is 5. The van der Waals surface area contributed by atoms with E-state index in [1.54, 1.807) is 12.1 Å². The highest BCUT2D eigenvalue weighted by atomic mass is 16.1. The molecule has 2 rings (SSSR count). The summed E-state index contributed by atoms with van der Waals surface area (Å²) in [6, 6.07) is 5.20. The lowest BCUT2D eigenvalue weighted by atomic mass is 9.97. The third-order valence-electron chi connectivity index (χ3n) is 3.46. The fourth-order valence-electron chi connectivity index (χ4n) is 2.41. The second kappa shape index (κ2) is 6.27. The van der Waals surface area contributed by atoms with Gasteiger partial charge in [0.25, 0.3) is 5.91 Å². The summed E-state index contributed by atoms with van der Waals surface area (Å²) in [6.45, 7) is 0.816. The second-order valence-corrected chi connectivity index (χ2v) is 4.95. The van der Waals surface area contributed by atoms with E-state index >= 15 is 0 Å². The van der Waals surface area contributed by atoms with Crippen molar-refractivity contribution in [2.75, 3.05) is 17.6 Å². The van der Waals surface area contributed by atoms with Crippen molar-refractivity contribution in [1.29, 1.82) is 0 Å². The zero-order valence-electron chi connectivity index (χ0n) is 11.1. The van der Waals surface area contributed by atoms with Gasteiger partial charge in [0.2, 0.25) is 0 Å². The number of benzene rings is 1. The van der Waals surface area contributed by atoms with E-state index in [4.69, 9.17) is 11.5 Å². The fourth-order valence-corrected chi connectivity index (χ4v) is 2.41. The maximum atomic E-state index is 11.4. The fraction of sp³-hybridized carbons (Fsp3) is 0.400. The minimum atomic E-state index is -0.452. The van der Waals surface area contributed by atoms with Crippen LogP contribution in [0.4, 0.5) is 11.4 Å². The number of primary amides is 1. The molecule has 5 N–H and O–H groups in total. The number of allylic oxidation sites excluding steroid dienone is 1. The molecule has 0 radical (unpaired) electrons. The molecule has 4 nitrogen and oxygen atoms in total. The number of hydrogen-bond donors (Lipinski definition) is 3. The zero-order valence-corrected chi connectivity index (χ0v) is 11.1. The molecule has 0 saturated carbocycles. The van der Waals surface area contributed by atoms with Crippen LogP contribution in [0.2, 0.25) is 0 Å². The van der Waals surface area contributed by atoms with Crippen LogP contribution >= 0.6 is 0 Å². The summed E-state index contributed by atoms with van der Waals surface area (Å²) < 4.78 is 0. The molecule has 1 aromatic rings. The average Bonchev–Trinajstić information content (AvgIpc) is 2.41. The highest BCUT2D eigenvalue weighted by molar-refractivity contribution is 5.99. The van der Waals surface area contributed by atoms with Gasteiger partial charge in [0.05, 0.1) is 5.56 Å². The van der Waals surface area contributed by atoms with E-state index in [9.17, 15) is 4.79 Å². The van der Waals surface area contributed by atoms with Crippen LogP contribution < -0.4 is 16.8 Å². The maximum absolute atomic E-state index is 11.4. The Balaban J connectivity index is 1.95. The number of hydrogen-bond acceptors (Lipinski definition) is 3. The van der Waals surface area contributed by atoms with Crippen LogP contribution in [0, 0.1) is 0 Å². The first-order valence-electron chi connectivity index (χ1n) is 6.78. The lowest BCUT2D eigenvalue weighted by Crippen LogP contribution is -2.15. The summed E-state index contributed by atoms with van der Waals surface area (Å²) in [7, 11) is 0. The molecule has 0 spiro atoms. The number of amides is 1. The van der Waals surface area contributed by atoms with Gasteiger partial charge in [0.1, 0.15) is 0 Å². The van der Waals surface area contributed by atoms with Crippen molar-refractivity contribution in [3.63, 3.8) is 0 Å². The van der Waals surface area contributed by atoms with Gasteiger partial charge in [0, 0.05) is 17.9 Å². The van der Waals surface area contributed by atoms with Crippen LogP contribution in [0.1, 0.15) is 42.5 Å². The third kappa shape index (κ3) is 3.74. The first-order chi connectivity index (χ1) is 9.16. The van der Waals surface area contributed by atoms with Crippen LogP contribution in [0.3, 0.4) is 0 Å². The van der Waals surface area contributed by atoms with Crippen molar-refractivity contribution in [2.45, 2.75) is 32.1 Å². The topological polar surface area (TPSA) is 81.1 Å². The summed E-state index contributed by atoms with van der Waals surface area (Å²) in [5.41, 5.74) is 14.3. The van der Waals surface area contributed by atoms with E-state index in [2.05, 4.69) is 11.4 Å². The van der Waals surface area contributed by atoms with Gasteiger partial charge >= 0.3 is 0 Å². The summed E-state index contributed by atoms with van der Waals surface area (Å²) >= 11 is 0. The molecule has 1 aliphatic rings. The van der Waals surface area contributed by atoms with Gasteiger partial charge in [0.15, 0.2) is 0 Å². The molecule has 0 fully saturated rings. The van der Waals surface area contributed by atoms with Crippen LogP contribution in [-0.4, -0.2) is 12.5 Å². The predicted octanol–water partition coefficient (Wildman–Crippen LogP) is 2.67. The highest BCUT2D eigenvalue weighted by Crippen LogP contribution is 2.22. The first-order valence-corrected chi connectivity index (χ1v) is 6.78. The lowest BCUT2D eigenvalue weighted by molar-refractivity contribution is 0.100. The molecule has 0 aromatic heterocycles. The number of carbonyl (C=O) groups is 1. The Morgan fingerprint density at radius 1 is 1.32 bits per heavy atom. The van der Waals surface area contributed by atoms with Gasteiger partial charge in [-0.2, -0.15) is 0 Å². The van der Waals surface area contributed by atoms with Gasteiger partial charge in [-0.25, -0.2) is 0 Å². The summed E-state index contributed by atoms with van der Waals surface area (Å²) in [5.74, 6) is -0.452. The average molecular weight is 259 g/mol. The van der Waals surface area contributed by atoms with E-state index in [0.29, 0.717) is 11.3 Å². The Hall–Kier alpha value is -1.97. The molecule has 1 aliphatic carbocycles. The van der Waals surface area contributed by atoms with E-state index in [-0.39, 0.29) is 0 Å². The Morgan fingerprint density at radius 3 is 2.84 bits per heavy atom. The molecule has 4 heteroatoms. The molecule has 0 unspecified atom stereocenters. The van der Waals surface area contributed by atoms with Crippen LogP contribution in [0.15, 0.2) is 29.8 Å². The van der Waals surface area contributed by atoms with E-state index in [0.717, 1.165) is 18.7 Å². The predicted molar refractivity (Wildman–Crippen MR) is 79.0 cm³/mol. The Bertz CT molecular complexity index is 494. The molecule has 0 atom stereocenters. The molecule has 0 heterocycles. The Kier molecular flexibility index (Phi) is 4.44. The van der Waals surface area contributed by atoms with Gasteiger partial charge in [-0.15, -0.1) is 0 Å². The smallest absolute Gasteiger partial charge is 0.250 e. The first kappa shape index (κ1) is 13.5. The van der Waals surface area contributed by atoms with Crippen molar-refractivity contribution in [1.82, 2.24) is 0 Å². The molecule has 0 aliphatic heterocycles. The lowest BCUT2D eigenvalue weighted by Gasteiger charge is -2.14. The molecular weight excluding hydrogens is 238 g/mol. The molecule has 19 heavy (non-hydrogen) atoms. The highest BCUT2D eigenvalue weighted by Gasteiger charge is 2.09. The van der Waals surface area contributed by atoms with Crippen LogP contribution in [0.5, 0.6) is 0 Å². The van der Waals surface area contributed by atoms with Gasteiger partial charge in [-0.05, 0) is 50.3 Å². The number of nitrogen functional groups attached to an aromatic ring is 1. The standard InChI is InChI=1S/C15H21N3O/c16-12-6-7-14(13(10-12)15(17)19)18-9-8-11-4-2-1-3-5-11/h4,6-7,10,18H,1-3,5,8-9,16H2,(H2,17,19). The SMILES string of the molecule is NC(=O)c1cc(N)ccc1NCCC1=CCCCC1. The normalized spacial score (nSPS) is 14.8. The minimum Gasteiger partial charge on any atom is -0.399 e. The zero-order chi connectivity index (χ0) is 13.7. The molecule has 1 aromatic carbocycles. The monoisotopic (exact) mass is 259 g/mol. The maximum Gasteiger partial charge on any atom is 0.250 e. The third-order valence-corrected chi connectivity index (χ3v) is 3.46. The summed E-state index contributed by atoms with van der Waals surface area (Å²) in [4.78, 5) is 11.4. The minimum absolute atomic E-state index is 0.452. The van der Waals surface area contributed by atoms with E-state index < -0.39 is 5.91 Å². The van der Waals surface area contributed by atoms with Gasteiger partial charge in [-0.3, -0.25) is 4.79 Å². The van der Waals surface area contributed by atoms with Crippen molar-refractivity contribution in [3.8, 4) is 0 Å². The quantitative estimate of drug-likeness (QED) is 0.561. The number of nitrogens with one attached hydrogen (secondary N) is 1. The number of carbonyl (C=O) groups excluding carboxylic acids is 1. The van der Waals surface area contributed by atoms with E-state index in [1.807, 2.05) is 6.07 Å². The largest absolute Gasteiger partial charge is 0.399 e. The molecule has 102 valence electrons.